The molecule has 0 aromatic carbocycles. The Labute approximate surface area is 126 Å². The summed E-state index contributed by atoms with van der Waals surface area (Å²) in [5.74, 6) is 0.783. The zero-order valence-corrected chi connectivity index (χ0v) is 12.4. The van der Waals surface area contributed by atoms with Crippen LogP contribution in [0.4, 0.5) is 5.69 Å². The third-order valence-corrected chi connectivity index (χ3v) is 4.08. The molecule has 6 heteroatoms. The van der Waals surface area contributed by atoms with Crippen LogP contribution in [-0.2, 0) is 0 Å². The van der Waals surface area contributed by atoms with Gasteiger partial charge in [-0.05, 0) is 42.1 Å². The van der Waals surface area contributed by atoms with E-state index >= 15 is 0 Å². The van der Waals surface area contributed by atoms with Crippen LogP contribution in [0.2, 0.25) is 4.34 Å². The lowest BCUT2D eigenvalue weighted by atomic mass is 10.2. The van der Waals surface area contributed by atoms with Crippen LogP contribution in [0.3, 0.4) is 0 Å². The van der Waals surface area contributed by atoms with E-state index in [1.165, 1.54) is 11.3 Å². The highest BCUT2D eigenvalue weighted by molar-refractivity contribution is 7.14. The number of aromatic nitrogens is 3. The molecular weight excluding hydrogens is 292 g/mol. The minimum atomic E-state index is 0.150. The van der Waals surface area contributed by atoms with Gasteiger partial charge in [-0.1, -0.05) is 11.6 Å². The smallest absolute Gasteiger partial charge is 0.176 e. The molecule has 20 heavy (non-hydrogen) atoms. The van der Waals surface area contributed by atoms with Crippen molar-refractivity contribution in [2.45, 2.75) is 13.0 Å². The molecule has 1 unspecified atom stereocenters. The number of halogens is 1. The van der Waals surface area contributed by atoms with Gasteiger partial charge < -0.3 is 5.32 Å². The van der Waals surface area contributed by atoms with Gasteiger partial charge in [0.2, 0.25) is 0 Å². The zero-order valence-electron chi connectivity index (χ0n) is 10.8. The summed E-state index contributed by atoms with van der Waals surface area (Å²) in [6, 6.07) is 7.91. The molecule has 3 aromatic rings. The van der Waals surface area contributed by atoms with Gasteiger partial charge in [-0.15, -0.1) is 11.3 Å². The number of anilines is 1. The summed E-state index contributed by atoms with van der Waals surface area (Å²) in [5.41, 5.74) is 2.10. The van der Waals surface area contributed by atoms with Crippen LogP contribution in [0.25, 0.3) is 5.82 Å². The van der Waals surface area contributed by atoms with Crippen LogP contribution in [0.5, 0.6) is 0 Å². The fourth-order valence-corrected chi connectivity index (χ4v) is 2.94. The van der Waals surface area contributed by atoms with Crippen molar-refractivity contribution in [1.82, 2.24) is 14.8 Å². The van der Waals surface area contributed by atoms with Crippen LogP contribution in [0.15, 0.2) is 48.2 Å². The van der Waals surface area contributed by atoms with Gasteiger partial charge in [0.05, 0.1) is 10.0 Å². The van der Waals surface area contributed by atoms with E-state index in [4.69, 9.17) is 11.6 Å². The third-order valence-electron chi connectivity index (χ3n) is 2.97. The Hall–Kier alpha value is -1.85. The van der Waals surface area contributed by atoms with Crippen molar-refractivity contribution in [2.24, 2.45) is 0 Å². The van der Waals surface area contributed by atoms with Crippen LogP contribution in [-0.4, -0.2) is 14.8 Å². The molecule has 0 spiro atoms. The van der Waals surface area contributed by atoms with Crippen molar-refractivity contribution >= 4 is 28.6 Å². The predicted molar refractivity (Wildman–Crippen MR) is 82.7 cm³/mol. The van der Waals surface area contributed by atoms with Crippen LogP contribution >= 0.6 is 22.9 Å². The van der Waals surface area contributed by atoms with Gasteiger partial charge in [0.15, 0.2) is 5.82 Å². The number of rotatable bonds is 4. The van der Waals surface area contributed by atoms with Crippen LogP contribution < -0.4 is 5.32 Å². The maximum absolute atomic E-state index is 5.98. The maximum atomic E-state index is 5.98. The molecule has 102 valence electrons. The maximum Gasteiger partial charge on any atom is 0.176 e. The summed E-state index contributed by atoms with van der Waals surface area (Å²) in [7, 11) is 0. The summed E-state index contributed by atoms with van der Waals surface area (Å²) >= 11 is 7.52. The number of hydrogen-bond donors (Lipinski definition) is 1. The molecule has 0 bridgehead atoms. The van der Waals surface area contributed by atoms with E-state index in [1.54, 1.807) is 17.1 Å². The molecule has 0 radical (unpaired) electrons. The first-order valence-electron chi connectivity index (χ1n) is 6.19. The Balaban J connectivity index is 1.88. The topological polar surface area (TPSA) is 42.7 Å². The highest BCUT2D eigenvalue weighted by Gasteiger charge is 2.11. The van der Waals surface area contributed by atoms with Crippen LogP contribution in [0, 0.1) is 0 Å². The Kier molecular flexibility index (Phi) is 3.71. The summed E-state index contributed by atoms with van der Waals surface area (Å²) in [6.07, 6.45) is 5.37. The fraction of sp³-hybridized carbons (Fsp3) is 0.143. The van der Waals surface area contributed by atoms with Crippen molar-refractivity contribution in [2.75, 3.05) is 5.32 Å². The van der Waals surface area contributed by atoms with E-state index in [0.717, 1.165) is 21.4 Å². The monoisotopic (exact) mass is 304 g/mol. The van der Waals surface area contributed by atoms with Crippen molar-refractivity contribution in [1.29, 1.82) is 0 Å². The molecule has 1 N–H and O–H groups in total. The highest BCUT2D eigenvalue weighted by atomic mass is 35.5. The fourth-order valence-electron chi connectivity index (χ4n) is 1.95. The molecule has 0 aliphatic heterocycles. The first-order valence-corrected chi connectivity index (χ1v) is 7.45. The van der Waals surface area contributed by atoms with E-state index < -0.39 is 0 Å². The third kappa shape index (κ3) is 2.69. The minimum Gasteiger partial charge on any atom is -0.375 e. The Morgan fingerprint density at radius 1 is 1.35 bits per heavy atom. The lowest BCUT2D eigenvalue weighted by molar-refractivity contribution is 0.830. The van der Waals surface area contributed by atoms with Crippen molar-refractivity contribution in [3.8, 4) is 5.82 Å². The SMILES string of the molecule is CC(Nc1cccnc1-n1cccn1)c1csc(Cl)c1. The van der Waals surface area contributed by atoms with Gasteiger partial charge >= 0.3 is 0 Å². The van der Waals surface area contributed by atoms with Gasteiger partial charge in [-0.2, -0.15) is 5.10 Å². The van der Waals surface area contributed by atoms with Crippen molar-refractivity contribution in [3.05, 3.63) is 58.1 Å². The largest absolute Gasteiger partial charge is 0.375 e. The second-order valence-corrected chi connectivity index (χ2v) is 5.92. The lowest BCUT2D eigenvalue weighted by Crippen LogP contribution is -2.10. The molecule has 3 rings (SSSR count). The number of nitrogens with one attached hydrogen (secondary N) is 1. The molecule has 0 saturated carbocycles. The number of nitrogens with zero attached hydrogens (tertiary/aromatic N) is 3. The van der Waals surface area contributed by atoms with Gasteiger partial charge in [0, 0.05) is 24.6 Å². The highest BCUT2D eigenvalue weighted by Crippen LogP contribution is 2.28. The molecule has 4 nitrogen and oxygen atoms in total. The van der Waals surface area contributed by atoms with Crippen LogP contribution in [0.1, 0.15) is 18.5 Å². The second-order valence-electron chi connectivity index (χ2n) is 4.38. The Morgan fingerprint density at radius 2 is 2.25 bits per heavy atom. The minimum absolute atomic E-state index is 0.150. The number of thiophene rings is 1. The first-order chi connectivity index (χ1) is 9.74. The predicted octanol–water partition coefficient (Wildman–Crippen LogP) is 4.16. The molecule has 1 atom stereocenters. The zero-order chi connectivity index (χ0) is 13.9. The van der Waals surface area contributed by atoms with Gasteiger partial charge in [0.25, 0.3) is 0 Å². The van der Waals surface area contributed by atoms with Gasteiger partial charge in [-0.25, -0.2) is 9.67 Å². The Bertz CT molecular complexity index is 693. The van der Waals surface area contributed by atoms with E-state index in [1.807, 2.05) is 30.5 Å². The van der Waals surface area contributed by atoms with E-state index in [2.05, 4.69) is 27.7 Å². The lowest BCUT2D eigenvalue weighted by Gasteiger charge is -2.16. The van der Waals surface area contributed by atoms with E-state index in [-0.39, 0.29) is 6.04 Å². The van der Waals surface area contributed by atoms with Gasteiger partial charge in [-0.3, -0.25) is 0 Å². The molecule has 3 heterocycles. The summed E-state index contributed by atoms with van der Waals surface area (Å²) in [4.78, 5) is 4.39. The van der Waals surface area contributed by atoms with E-state index in [0.29, 0.717) is 0 Å². The molecular formula is C14H13ClN4S. The quantitative estimate of drug-likeness (QED) is 0.787. The summed E-state index contributed by atoms with van der Waals surface area (Å²) in [6.45, 7) is 2.10. The molecule has 3 aromatic heterocycles. The molecule has 0 amide bonds. The average molecular weight is 305 g/mol. The van der Waals surface area contributed by atoms with E-state index in [9.17, 15) is 0 Å². The molecule has 0 saturated heterocycles. The molecule has 0 fully saturated rings. The summed E-state index contributed by atoms with van der Waals surface area (Å²) < 4.78 is 2.54. The average Bonchev–Trinajstić information content (AvgIpc) is 3.10. The van der Waals surface area contributed by atoms with Crippen molar-refractivity contribution in [3.63, 3.8) is 0 Å². The number of hydrogen-bond acceptors (Lipinski definition) is 4. The Morgan fingerprint density at radius 3 is 2.95 bits per heavy atom. The normalized spacial score (nSPS) is 12.3. The number of pyridine rings is 1. The van der Waals surface area contributed by atoms with Gasteiger partial charge in [0.1, 0.15) is 0 Å². The standard InChI is InChI=1S/C14H13ClN4S/c1-10(11-8-13(15)20-9-11)18-12-4-2-5-16-14(12)19-7-3-6-17-19/h2-10,18H,1H3. The first kappa shape index (κ1) is 13.1. The second kappa shape index (κ2) is 5.64. The molecule has 0 aliphatic carbocycles. The summed E-state index contributed by atoms with van der Waals surface area (Å²) in [5, 5.41) is 9.74. The van der Waals surface area contributed by atoms with Crippen molar-refractivity contribution < 1.29 is 0 Å². The molecule has 0 aliphatic rings.